The number of hydrogen-bond donors (Lipinski definition) is 2. The summed E-state index contributed by atoms with van der Waals surface area (Å²) in [5.41, 5.74) is 0.160. The maximum Gasteiger partial charge on any atom is 0.191 e. The molecule has 6 heteroatoms. The summed E-state index contributed by atoms with van der Waals surface area (Å²) < 4.78 is 1.96. The summed E-state index contributed by atoms with van der Waals surface area (Å²) in [7, 11) is 1.83. The van der Waals surface area contributed by atoms with Gasteiger partial charge in [-0.05, 0) is 52.3 Å². The number of hydrogen-bond acceptors (Lipinski definition) is 3. The highest BCUT2D eigenvalue weighted by Crippen LogP contribution is 2.19. The Labute approximate surface area is 140 Å². The quantitative estimate of drug-likeness (QED) is 0.456. The molecule has 0 unspecified atom stereocenters. The average Bonchev–Trinajstić information content (AvgIpc) is 3.08. The molecule has 1 fully saturated rings. The van der Waals surface area contributed by atoms with Crippen LogP contribution in [0, 0.1) is 0 Å². The van der Waals surface area contributed by atoms with Crippen LogP contribution < -0.4 is 10.6 Å². The van der Waals surface area contributed by atoms with Crippen molar-refractivity contribution < 1.29 is 0 Å². The number of likely N-dealkylation sites (tertiary alicyclic amines) is 1. The summed E-state index contributed by atoms with van der Waals surface area (Å²) in [6.45, 7) is 9.79. The van der Waals surface area contributed by atoms with Crippen LogP contribution in [0.5, 0.6) is 0 Å². The Morgan fingerprint density at radius 3 is 2.65 bits per heavy atom. The summed E-state index contributed by atoms with van der Waals surface area (Å²) in [4.78, 5) is 6.92. The average molecular weight is 320 g/mol. The molecule has 0 atom stereocenters. The zero-order valence-electron chi connectivity index (χ0n) is 14.9. The van der Waals surface area contributed by atoms with Gasteiger partial charge < -0.3 is 10.6 Å². The molecule has 0 radical (unpaired) electrons. The van der Waals surface area contributed by atoms with Gasteiger partial charge in [-0.3, -0.25) is 14.6 Å². The van der Waals surface area contributed by atoms with Crippen LogP contribution in [0.15, 0.2) is 23.5 Å². The molecule has 0 bridgehead atoms. The number of aliphatic imine (C=N–C) groups is 1. The molecule has 6 nitrogen and oxygen atoms in total. The molecule has 1 aromatic heterocycles. The summed E-state index contributed by atoms with van der Waals surface area (Å²) in [5, 5.41) is 11.1. The fourth-order valence-corrected chi connectivity index (χ4v) is 3.01. The number of aryl methyl sites for hydroxylation is 1. The number of nitrogens with one attached hydrogen (secondary N) is 2. The van der Waals surface area contributed by atoms with E-state index in [1.165, 1.54) is 32.4 Å². The third kappa shape index (κ3) is 5.86. The zero-order valence-corrected chi connectivity index (χ0v) is 14.9. The van der Waals surface area contributed by atoms with Gasteiger partial charge >= 0.3 is 0 Å². The number of nitrogens with zero attached hydrogens (tertiary/aromatic N) is 4. The van der Waals surface area contributed by atoms with Gasteiger partial charge in [-0.2, -0.15) is 5.10 Å². The Kier molecular flexibility index (Phi) is 6.89. The monoisotopic (exact) mass is 320 g/mol. The standard InChI is InChI=1S/C17H32N6/c1-17(2,22-11-5-4-6-12-22)15-20-16(18-3)19-9-7-13-23-14-8-10-21-23/h8,10,14H,4-7,9,11-13,15H2,1-3H3,(H2,18,19,20). The van der Waals surface area contributed by atoms with Crippen molar-refractivity contribution in [3.05, 3.63) is 18.5 Å². The van der Waals surface area contributed by atoms with E-state index in [2.05, 4.69) is 39.5 Å². The van der Waals surface area contributed by atoms with E-state index < -0.39 is 0 Å². The lowest BCUT2D eigenvalue weighted by molar-refractivity contribution is 0.0982. The molecule has 23 heavy (non-hydrogen) atoms. The molecule has 2 rings (SSSR count). The Hall–Kier alpha value is -1.56. The first-order valence-electron chi connectivity index (χ1n) is 8.79. The highest BCUT2D eigenvalue weighted by molar-refractivity contribution is 5.79. The van der Waals surface area contributed by atoms with E-state index in [9.17, 15) is 0 Å². The van der Waals surface area contributed by atoms with Crippen molar-refractivity contribution in [2.75, 3.05) is 33.2 Å². The van der Waals surface area contributed by atoms with Gasteiger partial charge in [-0.1, -0.05) is 6.42 Å². The lowest BCUT2D eigenvalue weighted by Gasteiger charge is -2.41. The van der Waals surface area contributed by atoms with Gasteiger partial charge in [0.15, 0.2) is 5.96 Å². The lowest BCUT2D eigenvalue weighted by Crippen LogP contribution is -2.54. The predicted molar refractivity (Wildman–Crippen MR) is 95.7 cm³/mol. The summed E-state index contributed by atoms with van der Waals surface area (Å²) in [6, 6.07) is 1.95. The van der Waals surface area contributed by atoms with E-state index in [0.717, 1.165) is 32.0 Å². The first-order valence-corrected chi connectivity index (χ1v) is 8.79. The van der Waals surface area contributed by atoms with Crippen molar-refractivity contribution in [1.82, 2.24) is 25.3 Å². The van der Waals surface area contributed by atoms with E-state index in [4.69, 9.17) is 0 Å². The third-order valence-electron chi connectivity index (χ3n) is 4.54. The molecule has 2 heterocycles. The molecule has 1 aliphatic heterocycles. The molecule has 0 aromatic carbocycles. The zero-order chi connectivity index (χ0) is 16.5. The number of piperidine rings is 1. The Morgan fingerprint density at radius 2 is 2.00 bits per heavy atom. The highest BCUT2D eigenvalue weighted by atomic mass is 15.3. The molecule has 0 spiro atoms. The number of rotatable bonds is 7. The fraction of sp³-hybridized carbons (Fsp3) is 0.765. The smallest absolute Gasteiger partial charge is 0.191 e. The second-order valence-corrected chi connectivity index (χ2v) is 6.84. The molecular formula is C17H32N6. The van der Waals surface area contributed by atoms with Gasteiger partial charge in [-0.25, -0.2) is 0 Å². The van der Waals surface area contributed by atoms with E-state index in [0.29, 0.717) is 0 Å². The fourth-order valence-electron chi connectivity index (χ4n) is 3.01. The van der Waals surface area contributed by atoms with Crippen molar-refractivity contribution in [2.24, 2.45) is 4.99 Å². The summed E-state index contributed by atoms with van der Waals surface area (Å²) in [6.07, 6.45) is 8.86. The van der Waals surface area contributed by atoms with Gasteiger partial charge in [-0.15, -0.1) is 0 Å². The minimum absolute atomic E-state index is 0.160. The van der Waals surface area contributed by atoms with Crippen molar-refractivity contribution in [2.45, 2.75) is 51.6 Å². The minimum Gasteiger partial charge on any atom is -0.356 e. The van der Waals surface area contributed by atoms with Crippen molar-refractivity contribution in [3.63, 3.8) is 0 Å². The van der Waals surface area contributed by atoms with Crippen molar-refractivity contribution >= 4 is 5.96 Å². The molecule has 1 aromatic rings. The van der Waals surface area contributed by atoms with Gasteiger partial charge in [0.2, 0.25) is 0 Å². The second kappa shape index (κ2) is 8.91. The first-order chi connectivity index (χ1) is 11.1. The van der Waals surface area contributed by atoms with Crippen molar-refractivity contribution in [3.8, 4) is 0 Å². The Balaban J connectivity index is 1.67. The van der Waals surface area contributed by atoms with Gasteiger partial charge in [0.05, 0.1) is 0 Å². The third-order valence-corrected chi connectivity index (χ3v) is 4.54. The number of aromatic nitrogens is 2. The molecule has 0 aliphatic carbocycles. The van der Waals surface area contributed by atoms with Crippen molar-refractivity contribution in [1.29, 1.82) is 0 Å². The molecule has 130 valence electrons. The molecule has 0 saturated carbocycles. The maximum absolute atomic E-state index is 4.32. The number of guanidine groups is 1. The highest BCUT2D eigenvalue weighted by Gasteiger charge is 2.27. The first kappa shape index (κ1) is 17.8. The van der Waals surface area contributed by atoms with E-state index in [1.54, 1.807) is 0 Å². The predicted octanol–water partition coefficient (Wildman–Crippen LogP) is 1.70. The van der Waals surface area contributed by atoms with Crippen LogP contribution in [0.4, 0.5) is 0 Å². The van der Waals surface area contributed by atoms with Crippen LogP contribution in [0.25, 0.3) is 0 Å². The van der Waals surface area contributed by atoms with Gasteiger partial charge in [0.1, 0.15) is 0 Å². The topological polar surface area (TPSA) is 57.5 Å². The van der Waals surface area contributed by atoms with Crippen LogP contribution in [-0.4, -0.2) is 59.4 Å². The molecule has 0 amide bonds. The Morgan fingerprint density at radius 1 is 1.22 bits per heavy atom. The van der Waals surface area contributed by atoms with E-state index >= 15 is 0 Å². The van der Waals surface area contributed by atoms with Crippen LogP contribution in [-0.2, 0) is 6.54 Å². The van der Waals surface area contributed by atoms with Crippen LogP contribution in [0.2, 0.25) is 0 Å². The lowest BCUT2D eigenvalue weighted by atomic mass is 9.98. The summed E-state index contributed by atoms with van der Waals surface area (Å²) in [5.74, 6) is 0.885. The maximum atomic E-state index is 4.32. The van der Waals surface area contributed by atoms with Crippen LogP contribution in [0.3, 0.4) is 0 Å². The molecule has 2 N–H and O–H groups in total. The van der Waals surface area contributed by atoms with E-state index in [-0.39, 0.29) is 5.54 Å². The largest absolute Gasteiger partial charge is 0.356 e. The Bertz CT molecular complexity index is 459. The van der Waals surface area contributed by atoms with Crippen LogP contribution >= 0.6 is 0 Å². The summed E-state index contributed by atoms with van der Waals surface area (Å²) >= 11 is 0. The second-order valence-electron chi connectivity index (χ2n) is 6.84. The van der Waals surface area contributed by atoms with E-state index in [1.807, 2.05) is 30.2 Å². The minimum atomic E-state index is 0.160. The normalized spacial score (nSPS) is 17.3. The van der Waals surface area contributed by atoms with Gasteiger partial charge in [0.25, 0.3) is 0 Å². The molecular weight excluding hydrogens is 288 g/mol. The van der Waals surface area contributed by atoms with Crippen LogP contribution in [0.1, 0.15) is 39.5 Å². The van der Waals surface area contributed by atoms with Gasteiger partial charge in [0, 0.05) is 44.6 Å². The molecule has 1 aliphatic rings. The SMILES string of the molecule is CN=C(NCCCn1cccn1)NCC(C)(C)N1CCCCC1. The molecule has 1 saturated heterocycles.